The van der Waals surface area contributed by atoms with Gasteiger partial charge in [-0.25, -0.2) is 0 Å². The van der Waals surface area contributed by atoms with Crippen molar-refractivity contribution in [2.24, 2.45) is 11.7 Å². The van der Waals surface area contributed by atoms with E-state index in [1.54, 1.807) is 7.11 Å². The number of hydrogen-bond donors (Lipinski definition) is 1. The zero-order valence-electron chi connectivity index (χ0n) is 12.6. The quantitative estimate of drug-likeness (QED) is 0.921. The monoisotopic (exact) mass is 276 g/mol. The molecule has 4 heteroatoms. The Hall–Kier alpha value is -1.55. The number of ether oxygens (including phenoxy) is 1. The van der Waals surface area contributed by atoms with Crippen LogP contribution >= 0.6 is 0 Å². The molecule has 2 N–H and O–H groups in total. The van der Waals surface area contributed by atoms with Crippen molar-refractivity contribution >= 4 is 5.91 Å². The summed E-state index contributed by atoms with van der Waals surface area (Å²) in [6, 6.07) is 5.85. The highest BCUT2D eigenvalue weighted by Crippen LogP contribution is 2.23. The van der Waals surface area contributed by atoms with Gasteiger partial charge in [0.15, 0.2) is 0 Å². The molecular formula is C16H24N2O2. The lowest BCUT2D eigenvalue weighted by Crippen LogP contribution is -2.42. The average molecular weight is 276 g/mol. The van der Waals surface area contributed by atoms with E-state index in [0.29, 0.717) is 11.5 Å². The van der Waals surface area contributed by atoms with E-state index in [2.05, 4.69) is 0 Å². The first-order valence-electron chi connectivity index (χ1n) is 7.22. The zero-order valence-corrected chi connectivity index (χ0v) is 12.6. The topological polar surface area (TPSA) is 55.6 Å². The molecule has 1 saturated heterocycles. The Morgan fingerprint density at radius 2 is 2.05 bits per heavy atom. The zero-order chi connectivity index (χ0) is 14.7. The van der Waals surface area contributed by atoms with Gasteiger partial charge in [0.25, 0.3) is 5.91 Å². The third-order valence-electron chi connectivity index (χ3n) is 4.23. The van der Waals surface area contributed by atoms with E-state index in [4.69, 9.17) is 10.5 Å². The molecule has 4 nitrogen and oxygen atoms in total. The third-order valence-corrected chi connectivity index (χ3v) is 4.23. The predicted octanol–water partition coefficient (Wildman–Crippen LogP) is 2.20. The molecular weight excluding hydrogens is 252 g/mol. The number of piperidine rings is 1. The maximum Gasteiger partial charge on any atom is 0.253 e. The lowest BCUT2D eigenvalue weighted by Gasteiger charge is -2.33. The highest BCUT2D eigenvalue weighted by atomic mass is 16.5. The maximum atomic E-state index is 12.5. The van der Waals surface area contributed by atoms with E-state index in [1.807, 2.05) is 36.9 Å². The van der Waals surface area contributed by atoms with Crippen LogP contribution in [0.15, 0.2) is 18.2 Å². The molecule has 110 valence electrons. The molecule has 1 aromatic rings. The van der Waals surface area contributed by atoms with Crippen molar-refractivity contribution in [3.63, 3.8) is 0 Å². The molecule has 0 spiro atoms. The minimum Gasteiger partial charge on any atom is -0.496 e. The molecule has 1 heterocycles. The van der Waals surface area contributed by atoms with Crippen LogP contribution in [0.25, 0.3) is 0 Å². The van der Waals surface area contributed by atoms with Gasteiger partial charge in [0, 0.05) is 24.7 Å². The summed E-state index contributed by atoms with van der Waals surface area (Å²) >= 11 is 0. The van der Waals surface area contributed by atoms with Gasteiger partial charge in [0.05, 0.1) is 7.11 Å². The number of nitrogens with two attached hydrogens (primary N) is 1. The molecule has 1 atom stereocenters. The number of rotatable bonds is 3. The van der Waals surface area contributed by atoms with Gasteiger partial charge in [-0.2, -0.15) is 0 Å². The Kier molecular flexibility index (Phi) is 4.65. The lowest BCUT2D eigenvalue weighted by atomic mass is 9.90. The standard InChI is InChI=1S/C16H24N2O2/c1-11-4-5-14(10-15(11)20-3)16(19)18-8-6-13(7-9-18)12(2)17/h4-5,10,12-13H,6-9,17H2,1-3H3. The summed E-state index contributed by atoms with van der Waals surface area (Å²) in [5, 5.41) is 0. The van der Waals surface area contributed by atoms with Crippen molar-refractivity contribution in [3.05, 3.63) is 29.3 Å². The summed E-state index contributed by atoms with van der Waals surface area (Å²) < 4.78 is 5.28. The van der Waals surface area contributed by atoms with E-state index < -0.39 is 0 Å². The number of hydrogen-bond acceptors (Lipinski definition) is 3. The van der Waals surface area contributed by atoms with Gasteiger partial charge in [-0.15, -0.1) is 0 Å². The molecule has 1 aliphatic heterocycles. The summed E-state index contributed by atoms with van der Waals surface area (Å²) in [5.74, 6) is 1.39. The second-order valence-corrected chi connectivity index (χ2v) is 5.67. The summed E-state index contributed by atoms with van der Waals surface area (Å²) in [7, 11) is 1.63. The molecule has 0 aromatic heterocycles. The van der Waals surface area contributed by atoms with E-state index in [9.17, 15) is 4.79 Å². The number of methoxy groups -OCH3 is 1. The fourth-order valence-corrected chi connectivity index (χ4v) is 2.76. The van der Waals surface area contributed by atoms with Gasteiger partial charge in [0.2, 0.25) is 0 Å². The van der Waals surface area contributed by atoms with Crippen LogP contribution in [-0.4, -0.2) is 37.0 Å². The van der Waals surface area contributed by atoms with E-state index in [0.717, 1.165) is 37.2 Å². The molecule has 1 aliphatic rings. The van der Waals surface area contributed by atoms with Gasteiger partial charge in [-0.05, 0) is 50.3 Å². The van der Waals surface area contributed by atoms with Crippen LogP contribution in [0.3, 0.4) is 0 Å². The van der Waals surface area contributed by atoms with Crippen LogP contribution in [0.2, 0.25) is 0 Å². The second-order valence-electron chi connectivity index (χ2n) is 5.67. The van der Waals surface area contributed by atoms with Crippen LogP contribution in [0.1, 0.15) is 35.7 Å². The normalized spacial score (nSPS) is 17.9. The minimum absolute atomic E-state index is 0.0893. The molecule has 1 amide bonds. The molecule has 1 aromatic carbocycles. The van der Waals surface area contributed by atoms with E-state index in [1.165, 1.54) is 0 Å². The maximum absolute atomic E-state index is 12.5. The smallest absolute Gasteiger partial charge is 0.253 e. The SMILES string of the molecule is COc1cc(C(=O)N2CCC(C(C)N)CC2)ccc1C. The van der Waals surface area contributed by atoms with Gasteiger partial charge >= 0.3 is 0 Å². The Morgan fingerprint density at radius 1 is 1.40 bits per heavy atom. The number of carbonyl (C=O) groups excluding carboxylic acids is 1. The third kappa shape index (κ3) is 3.12. The summed E-state index contributed by atoms with van der Waals surface area (Å²) in [5.41, 5.74) is 7.68. The second kappa shape index (κ2) is 6.27. The van der Waals surface area contributed by atoms with Gasteiger partial charge in [0.1, 0.15) is 5.75 Å². The number of nitrogens with zero attached hydrogens (tertiary/aromatic N) is 1. The largest absolute Gasteiger partial charge is 0.496 e. The number of benzene rings is 1. The molecule has 0 bridgehead atoms. The Bertz CT molecular complexity index is 477. The number of likely N-dealkylation sites (tertiary alicyclic amines) is 1. The molecule has 0 saturated carbocycles. The van der Waals surface area contributed by atoms with E-state index in [-0.39, 0.29) is 11.9 Å². The Labute approximate surface area is 120 Å². The van der Waals surface area contributed by atoms with Crippen molar-refractivity contribution in [2.75, 3.05) is 20.2 Å². The van der Waals surface area contributed by atoms with Gasteiger partial charge < -0.3 is 15.4 Å². The van der Waals surface area contributed by atoms with E-state index >= 15 is 0 Å². The fraction of sp³-hybridized carbons (Fsp3) is 0.562. The fourth-order valence-electron chi connectivity index (χ4n) is 2.76. The van der Waals surface area contributed by atoms with Crippen molar-refractivity contribution in [1.82, 2.24) is 4.90 Å². The van der Waals surface area contributed by atoms with Gasteiger partial charge in [-0.1, -0.05) is 6.07 Å². The molecule has 1 unspecified atom stereocenters. The van der Waals surface area contributed by atoms with Crippen molar-refractivity contribution in [2.45, 2.75) is 32.7 Å². The van der Waals surface area contributed by atoms with Crippen molar-refractivity contribution in [1.29, 1.82) is 0 Å². The molecule has 0 aliphatic carbocycles. The highest BCUT2D eigenvalue weighted by Gasteiger charge is 2.25. The van der Waals surface area contributed by atoms with Crippen LogP contribution in [0, 0.1) is 12.8 Å². The van der Waals surface area contributed by atoms with Crippen LogP contribution < -0.4 is 10.5 Å². The molecule has 2 rings (SSSR count). The van der Waals surface area contributed by atoms with Crippen LogP contribution in [-0.2, 0) is 0 Å². The lowest BCUT2D eigenvalue weighted by molar-refractivity contribution is 0.0680. The summed E-state index contributed by atoms with van der Waals surface area (Å²) in [4.78, 5) is 14.4. The first-order chi connectivity index (χ1) is 9.52. The molecule has 20 heavy (non-hydrogen) atoms. The summed E-state index contributed by atoms with van der Waals surface area (Å²) in [6.45, 7) is 5.61. The Balaban J connectivity index is 2.05. The van der Waals surface area contributed by atoms with Crippen molar-refractivity contribution in [3.8, 4) is 5.75 Å². The summed E-state index contributed by atoms with van der Waals surface area (Å²) in [6.07, 6.45) is 1.98. The highest BCUT2D eigenvalue weighted by molar-refractivity contribution is 5.94. The first-order valence-corrected chi connectivity index (χ1v) is 7.22. The number of aryl methyl sites for hydroxylation is 1. The molecule has 0 radical (unpaired) electrons. The van der Waals surface area contributed by atoms with Crippen molar-refractivity contribution < 1.29 is 9.53 Å². The van der Waals surface area contributed by atoms with Gasteiger partial charge in [-0.3, -0.25) is 4.79 Å². The van der Waals surface area contributed by atoms with Crippen LogP contribution in [0.5, 0.6) is 5.75 Å². The minimum atomic E-state index is 0.0893. The number of carbonyl (C=O) groups is 1. The Morgan fingerprint density at radius 3 is 2.60 bits per heavy atom. The average Bonchev–Trinajstić information content (AvgIpc) is 2.47. The number of amides is 1. The van der Waals surface area contributed by atoms with Crippen LogP contribution in [0.4, 0.5) is 0 Å². The predicted molar refractivity (Wildman–Crippen MR) is 80.0 cm³/mol. The first kappa shape index (κ1) is 14.9. The molecule has 1 fully saturated rings.